The molecule has 0 atom stereocenters. The molecule has 2 rings (SSSR count). The average molecular weight is 219 g/mol. The number of nitrogens with zero attached hydrogens (tertiary/aromatic N) is 1. The summed E-state index contributed by atoms with van der Waals surface area (Å²) in [6, 6.07) is 9.72. The number of benzene rings is 1. The minimum atomic E-state index is -0.249. The van der Waals surface area contributed by atoms with E-state index in [0.29, 0.717) is 5.75 Å². The van der Waals surface area contributed by atoms with Crippen LogP contribution in [-0.4, -0.2) is 16.1 Å². The third-order valence-corrected chi connectivity index (χ3v) is 3.05. The Bertz CT molecular complexity index is 396. The summed E-state index contributed by atoms with van der Waals surface area (Å²) in [5, 5.41) is 0. The Hall–Kier alpha value is -1.55. The molecule has 1 aromatic carbocycles. The van der Waals surface area contributed by atoms with E-state index in [0.717, 1.165) is 5.56 Å². The van der Waals surface area contributed by atoms with Crippen molar-refractivity contribution in [2.24, 2.45) is 0 Å². The highest BCUT2D eigenvalue weighted by molar-refractivity contribution is 7.97. The van der Waals surface area contributed by atoms with Crippen LogP contribution in [0.1, 0.15) is 5.56 Å². The summed E-state index contributed by atoms with van der Waals surface area (Å²) in [5.74, 6) is 0.127. The molecule has 0 N–H and O–H groups in total. The molecule has 0 fully saturated rings. The summed E-state index contributed by atoms with van der Waals surface area (Å²) >= 11 is 1.23. The van der Waals surface area contributed by atoms with Crippen molar-refractivity contribution in [3.8, 4) is 0 Å². The Labute approximate surface area is 91.9 Å². The van der Waals surface area contributed by atoms with Gasteiger partial charge in [0.05, 0.1) is 0 Å². The van der Waals surface area contributed by atoms with Crippen molar-refractivity contribution < 1.29 is 9.59 Å². The second kappa shape index (κ2) is 4.31. The van der Waals surface area contributed by atoms with Gasteiger partial charge in [-0.1, -0.05) is 30.3 Å². The van der Waals surface area contributed by atoms with E-state index in [1.54, 1.807) is 0 Å². The van der Waals surface area contributed by atoms with E-state index in [1.807, 2.05) is 30.3 Å². The first-order chi connectivity index (χ1) is 7.27. The van der Waals surface area contributed by atoms with Crippen molar-refractivity contribution in [1.82, 2.24) is 4.31 Å². The smallest absolute Gasteiger partial charge is 0.263 e. The molecule has 0 saturated heterocycles. The highest BCUT2D eigenvalue weighted by Gasteiger charge is 2.23. The Morgan fingerprint density at radius 1 is 1.00 bits per heavy atom. The van der Waals surface area contributed by atoms with E-state index in [1.165, 1.54) is 28.4 Å². The SMILES string of the molecule is O=C1C=CC(=O)N1SCc1ccccc1. The fraction of sp³-hybridized carbons (Fsp3) is 0.0909. The van der Waals surface area contributed by atoms with E-state index >= 15 is 0 Å². The fourth-order valence-electron chi connectivity index (χ4n) is 1.23. The highest BCUT2D eigenvalue weighted by Crippen LogP contribution is 2.20. The number of rotatable bonds is 3. The van der Waals surface area contributed by atoms with E-state index in [9.17, 15) is 9.59 Å². The molecular formula is C11H9NO2S. The molecule has 1 aromatic rings. The lowest BCUT2D eigenvalue weighted by molar-refractivity contribution is -0.130. The van der Waals surface area contributed by atoms with Crippen LogP contribution in [0.3, 0.4) is 0 Å². The van der Waals surface area contributed by atoms with Gasteiger partial charge in [-0.2, -0.15) is 0 Å². The van der Waals surface area contributed by atoms with Gasteiger partial charge in [0.15, 0.2) is 0 Å². The minimum absolute atomic E-state index is 0.249. The van der Waals surface area contributed by atoms with E-state index in [2.05, 4.69) is 0 Å². The van der Waals surface area contributed by atoms with Crippen LogP contribution in [0, 0.1) is 0 Å². The van der Waals surface area contributed by atoms with Gasteiger partial charge in [-0.15, -0.1) is 0 Å². The van der Waals surface area contributed by atoms with E-state index < -0.39 is 0 Å². The first kappa shape index (κ1) is 9.98. The number of imide groups is 1. The molecule has 2 amide bonds. The zero-order valence-electron chi connectivity index (χ0n) is 7.92. The number of carbonyl (C=O) groups is 2. The van der Waals surface area contributed by atoms with Crippen LogP contribution in [0.2, 0.25) is 0 Å². The molecule has 0 aromatic heterocycles. The van der Waals surface area contributed by atoms with Gasteiger partial charge in [0.2, 0.25) is 0 Å². The molecule has 0 aliphatic carbocycles. The van der Waals surface area contributed by atoms with Gasteiger partial charge in [0.1, 0.15) is 0 Å². The van der Waals surface area contributed by atoms with Gasteiger partial charge in [-0.05, 0) is 17.5 Å². The number of amides is 2. The normalized spacial score (nSPS) is 15.1. The molecular weight excluding hydrogens is 210 g/mol. The van der Waals surface area contributed by atoms with Gasteiger partial charge < -0.3 is 0 Å². The van der Waals surface area contributed by atoms with Gasteiger partial charge in [0, 0.05) is 17.9 Å². The Balaban J connectivity index is 1.95. The first-order valence-electron chi connectivity index (χ1n) is 4.50. The molecule has 0 bridgehead atoms. The molecule has 15 heavy (non-hydrogen) atoms. The third kappa shape index (κ3) is 2.27. The van der Waals surface area contributed by atoms with Crippen LogP contribution in [0.25, 0.3) is 0 Å². The quantitative estimate of drug-likeness (QED) is 0.574. The van der Waals surface area contributed by atoms with Crippen LogP contribution >= 0.6 is 11.9 Å². The predicted octanol–water partition coefficient (Wildman–Crippen LogP) is 1.76. The molecule has 1 aliphatic rings. The molecule has 76 valence electrons. The maximum Gasteiger partial charge on any atom is 0.263 e. The highest BCUT2D eigenvalue weighted by atomic mass is 32.2. The van der Waals surface area contributed by atoms with Crippen molar-refractivity contribution >= 4 is 23.8 Å². The van der Waals surface area contributed by atoms with Crippen molar-refractivity contribution in [3.63, 3.8) is 0 Å². The second-order valence-electron chi connectivity index (χ2n) is 3.06. The molecule has 0 saturated carbocycles. The Morgan fingerprint density at radius 2 is 1.60 bits per heavy atom. The number of hydrogen-bond acceptors (Lipinski definition) is 3. The number of carbonyl (C=O) groups excluding carboxylic acids is 2. The van der Waals surface area contributed by atoms with Crippen molar-refractivity contribution in [3.05, 3.63) is 48.0 Å². The standard InChI is InChI=1S/C11H9NO2S/c13-10-6-7-11(14)12(10)15-8-9-4-2-1-3-5-9/h1-7H,8H2. The Kier molecular flexibility index (Phi) is 2.87. The molecule has 1 aliphatic heterocycles. The summed E-state index contributed by atoms with van der Waals surface area (Å²) in [6.45, 7) is 0. The van der Waals surface area contributed by atoms with Crippen molar-refractivity contribution in [2.75, 3.05) is 0 Å². The average Bonchev–Trinajstić information content (AvgIpc) is 2.58. The summed E-state index contributed by atoms with van der Waals surface area (Å²) in [5.41, 5.74) is 1.09. The van der Waals surface area contributed by atoms with Gasteiger partial charge in [-0.3, -0.25) is 9.59 Å². The topological polar surface area (TPSA) is 37.4 Å². The monoisotopic (exact) mass is 219 g/mol. The lowest BCUT2D eigenvalue weighted by atomic mass is 10.2. The fourth-order valence-corrected chi connectivity index (χ4v) is 2.07. The lowest BCUT2D eigenvalue weighted by Crippen LogP contribution is -2.22. The molecule has 0 radical (unpaired) electrons. The van der Waals surface area contributed by atoms with Gasteiger partial charge >= 0.3 is 0 Å². The maximum atomic E-state index is 11.2. The van der Waals surface area contributed by atoms with E-state index in [-0.39, 0.29) is 11.8 Å². The molecule has 4 heteroatoms. The summed E-state index contributed by atoms with van der Waals surface area (Å²) in [7, 11) is 0. The summed E-state index contributed by atoms with van der Waals surface area (Å²) in [4.78, 5) is 22.4. The number of hydrogen-bond donors (Lipinski definition) is 0. The van der Waals surface area contributed by atoms with Crippen LogP contribution in [0.15, 0.2) is 42.5 Å². The Morgan fingerprint density at radius 3 is 2.20 bits per heavy atom. The lowest BCUT2D eigenvalue weighted by Gasteiger charge is -2.11. The van der Waals surface area contributed by atoms with Crippen LogP contribution < -0.4 is 0 Å². The largest absolute Gasteiger partial charge is 0.268 e. The van der Waals surface area contributed by atoms with Crippen molar-refractivity contribution in [1.29, 1.82) is 0 Å². The van der Waals surface area contributed by atoms with Crippen LogP contribution in [-0.2, 0) is 15.3 Å². The second-order valence-corrected chi connectivity index (χ2v) is 3.98. The molecule has 3 nitrogen and oxygen atoms in total. The zero-order chi connectivity index (χ0) is 10.7. The van der Waals surface area contributed by atoms with Crippen molar-refractivity contribution in [2.45, 2.75) is 5.75 Å². The van der Waals surface area contributed by atoms with Gasteiger partial charge in [0.25, 0.3) is 11.8 Å². The first-order valence-corrected chi connectivity index (χ1v) is 5.44. The molecule has 0 spiro atoms. The van der Waals surface area contributed by atoms with E-state index in [4.69, 9.17) is 0 Å². The summed E-state index contributed by atoms with van der Waals surface area (Å²) in [6.07, 6.45) is 2.58. The molecule has 0 unspecified atom stereocenters. The summed E-state index contributed by atoms with van der Waals surface area (Å²) < 4.78 is 1.17. The minimum Gasteiger partial charge on any atom is -0.268 e. The van der Waals surface area contributed by atoms with Crippen LogP contribution in [0.5, 0.6) is 0 Å². The zero-order valence-corrected chi connectivity index (χ0v) is 8.74. The van der Waals surface area contributed by atoms with Gasteiger partial charge in [-0.25, -0.2) is 4.31 Å². The maximum absolute atomic E-state index is 11.2. The molecule has 1 heterocycles. The predicted molar refractivity (Wildman–Crippen MR) is 58.7 cm³/mol. The van der Waals surface area contributed by atoms with Crippen LogP contribution in [0.4, 0.5) is 0 Å². The third-order valence-electron chi connectivity index (χ3n) is 1.97.